The van der Waals surface area contributed by atoms with E-state index < -0.39 is 30.1 Å². The molecule has 0 aromatic heterocycles. The van der Waals surface area contributed by atoms with E-state index in [1.54, 1.807) is 21.1 Å². The van der Waals surface area contributed by atoms with E-state index in [2.05, 4.69) is 0 Å². The molecule has 3 nitrogen and oxygen atoms in total. The van der Waals surface area contributed by atoms with Gasteiger partial charge in [0, 0.05) is 0 Å². The van der Waals surface area contributed by atoms with Crippen molar-refractivity contribution in [2.45, 2.75) is 45.1 Å². The summed E-state index contributed by atoms with van der Waals surface area (Å²) < 4.78 is 51.7. The molecule has 1 aliphatic heterocycles. The summed E-state index contributed by atoms with van der Waals surface area (Å²) in [6, 6.07) is 4.08. The predicted molar refractivity (Wildman–Crippen MR) is 86.7 cm³/mol. The highest BCUT2D eigenvalue weighted by atomic mass is 19.4. The molecule has 7 heteroatoms. The number of rotatable bonds is 2. The van der Waals surface area contributed by atoms with Crippen LogP contribution >= 0.6 is 0 Å². The minimum Gasteiger partial charge on any atom is -0.399 e. The third-order valence-electron chi connectivity index (χ3n) is 4.58. The largest absolute Gasteiger partial charge is 0.495 e. The second-order valence-electron chi connectivity index (χ2n) is 7.88. The summed E-state index contributed by atoms with van der Waals surface area (Å²) in [4.78, 5) is 0. The molecule has 0 radical (unpaired) electrons. The van der Waals surface area contributed by atoms with Crippen LogP contribution in [0, 0.1) is 0 Å². The maximum absolute atomic E-state index is 13.3. The van der Waals surface area contributed by atoms with Gasteiger partial charge in [-0.1, -0.05) is 6.07 Å². The van der Waals surface area contributed by atoms with Crippen LogP contribution in [-0.4, -0.2) is 39.5 Å². The molecule has 1 aromatic carbocycles. The first-order valence-electron chi connectivity index (χ1n) is 7.54. The number of quaternary nitrogens is 1. The fraction of sp³-hybridized carbons (Fsp3) is 0.625. The number of hydrogen-bond donors (Lipinski definition) is 0. The Hall–Kier alpha value is -1.05. The van der Waals surface area contributed by atoms with Crippen molar-refractivity contribution >= 4 is 18.3 Å². The number of hydrogen-bond acceptors (Lipinski definition) is 2. The summed E-state index contributed by atoms with van der Waals surface area (Å²) in [6.45, 7) is 7.66. The zero-order valence-corrected chi connectivity index (χ0v) is 14.7. The zero-order chi connectivity index (χ0) is 17.8. The van der Waals surface area contributed by atoms with E-state index in [1.165, 1.54) is 12.1 Å². The summed E-state index contributed by atoms with van der Waals surface area (Å²) in [5.41, 5.74) is -0.913. The molecule has 1 heterocycles. The zero-order valence-electron chi connectivity index (χ0n) is 14.7. The first-order valence-corrected chi connectivity index (χ1v) is 7.54. The number of nitrogens with zero attached hydrogens (tertiary/aromatic N) is 1. The Morgan fingerprint density at radius 3 is 1.83 bits per heavy atom. The van der Waals surface area contributed by atoms with Crippen LogP contribution in [-0.2, 0) is 15.5 Å². The van der Waals surface area contributed by atoms with Crippen molar-refractivity contribution in [3.05, 3.63) is 23.8 Å². The molecule has 0 saturated carbocycles. The van der Waals surface area contributed by atoms with Crippen molar-refractivity contribution in [1.82, 2.24) is 4.48 Å². The molecule has 1 fully saturated rings. The molecule has 0 N–H and O–H groups in total. The van der Waals surface area contributed by atoms with Gasteiger partial charge in [-0.3, -0.25) is 4.48 Å². The fourth-order valence-corrected chi connectivity index (χ4v) is 2.47. The van der Waals surface area contributed by atoms with E-state index in [4.69, 9.17) is 9.31 Å². The third-order valence-corrected chi connectivity index (χ3v) is 4.58. The van der Waals surface area contributed by atoms with Crippen LogP contribution in [0.15, 0.2) is 18.2 Å². The summed E-state index contributed by atoms with van der Waals surface area (Å²) in [7, 11) is 4.45. The summed E-state index contributed by atoms with van der Waals surface area (Å²) in [5, 5.41) is 0. The number of benzene rings is 1. The fourth-order valence-electron chi connectivity index (χ4n) is 2.47. The molecule has 128 valence electrons. The lowest BCUT2D eigenvalue weighted by Crippen LogP contribution is -2.41. The van der Waals surface area contributed by atoms with Crippen LogP contribution in [0.3, 0.4) is 0 Å². The number of halogens is 3. The average molecular weight is 330 g/mol. The Morgan fingerprint density at radius 1 is 0.957 bits per heavy atom. The molecular weight excluding hydrogens is 306 g/mol. The molecule has 1 saturated heterocycles. The van der Waals surface area contributed by atoms with Crippen molar-refractivity contribution in [1.29, 1.82) is 0 Å². The highest BCUT2D eigenvalue weighted by Gasteiger charge is 2.52. The molecule has 1 aromatic rings. The van der Waals surface area contributed by atoms with Gasteiger partial charge in [0.15, 0.2) is 0 Å². The van der Waals surface area contributed by atoms with Gasteiger partial charge in [-0.05, 0) is 45.3 Å². The molecule has 1 aliphatic rings. The van der Waals surface area contributed by atoms with Crippen molar-refractivity contribution in [3.63, 3.8) is 0 Å². The quantitative estimate of drug-likeness (QED) is 0.612. The molecule has 23 heavy (non-hydrogen) atoms. The maximum atomic E-state index is 13.3. The van der Waals surface area contributed by atoms with E-state index in [-0.39, 0.29) is 10.2 Å². The first kappa shape index (κ1) is 18.3. The minimum atomic E-state index is -4.39. The average Bonchev–Trinajstić information content (AvgIpc) is 2.55. The van der Waals surface area contributed by atoms with E-state index in [0.717, 1.165) is 6.07 Å². The third kappa shape index (κ3) is 3.41. The summed E-state index contributed by atoms with van der Waals surface area (Å²) in [5.74, 6) is 0. The van der Waals surface area contributed by atoms with E-state index >= 15 is 0 Å². The van der Waals surface area contributed by atoms with Gasteiger partial charge >= 0.3 is 13.3 Å². The Balaban J connectivity index is 2.48. The molecule has 2 rings (SSSR count). The van der Waals surface area contributed by atoms with Crippen molar-refractivity contribution in [2.24, 2.45) is 0 Å². The van der Waals surface area contributed by atoms with Crippen molar-refractivity contribution in [3.8, 4) is 0 Å². The van der Waals surface area contributed by atoms with Crippen LogP contribution in [0.1, 0.15) is 33.3 Å². The van der Waals surface area contributed by atoms with Crippen LogP contribution < -0.4 is 9.95 Å². The Kier molecular flexibility index (Phi) is 4.16. The Bertz CT molecular complexity index is 590. The summed E-state index contributed by atoms with van der Waals surface area (Å²) in [6.07, 6.45) is -4.39. The van der Waals surface area contributed by atoms with Crippen LogP contribution in [0.2, 0.25) is 0 Å². The lowest BCUT2D eigenvalue weighted by Gasteiger charge is -2.32. The monoisotopic (exact) mass is 330 g/mol. The molecule has 0 bridgehead atoms. The lowest BCUT2D eigenvalue weighted by atomic mass is 9.78. The standard InChI is InChI=1S/C16H24BF3NO2/c1-14(2)15(3,4)23-17(22-14)11-8-9-12(16(18,19)20)13(10-11)21(5,6)7/h8-10H,1-7H3/q+1. The molecule has 0 atom stereocenters. The van der Waals surface area contributed by atoms with E-state index in [9.17, 15) is 13.2 Å². The predicted octanol–water partition coefficient (Wildman–Crippen LogP) is 3.20. The van der Waals surface area contributed by atoms with Gasteiger partial charge in [0.05, 0.1) is 32.3 Å². The highest BCUT2D eigenvalue weighted by Crippen LogP contribution is 2.39. The smallest absolute Gasteiger partial charge is 0.399 e. The van der Waals surface area contributed by atoms with Crippen molar-refractivity contribution < 1.29 is 22.5 Å². The van der Waals surface area contributed by atoms with Gasteiger partial charge in [0.1, 0.15) is 11.3 Å². The molecule has 0 spiro atoms. The topological polar surface area (TPSA) is 18.5 Å². The van der Waals surface area contributed by atoms with Gasteiger partial charge in [-0.25, -0.2) is 0 Å². The normalized spacial score (nSPS) is 20.9. The molecule has 0 aliphatic carbocycles. The second kappa shape index (κ2) is 5.23. The Labute approximate surface area is 136 Å². The Morgan fingerprint density at radius 2 is 1.43 bits per heavy atom. The maximum Gasteiger partial charge on any atom is 0.495 e. The van der Waals surface area contributed by atoms with Crippen LogP contribution in [0.5, 0.6) is 0 Å². The van der Waals surface area contributed by atoms with Gasteiger partial charge in [0.2, 0.25) is 0 Å². The number of alkyl halides is 3. The SMILES string of the molecule is CC1(C)OB(c2ccc(C(F)(F)F)c([N+](C)(C)C)c2)OC1(C)C. The summed E-state index contributed by atoms with van der Waals surface area (Å²) >= 11 is 0. The molecule has 0 unspecified atom stereocenters. The van der Waals surface area contributed by atoms with Gasteiger partial charge in [0.25, 0.3) is 0 Å². The van der Waals surface area contributed by atoms with Crippen molar-refractivity contribution in [2.75, 3.05) is 21.1 Å². The molecular formula is C16H24BF3NO2+. The van der Waals surface area contributed by atoms with Gasteiger partial charge in [-0.2, -0.15) is 13.2 Å². The first-order chi connectivity index (χ1) is 10.2. The minimum absolute atomic E-state index is 0.0577. The van der Waals surface area contributed by atoms with Crippen LogP contribution in [0.4, 0.5) is 18.9 Å². The second-order valence-corrected chi connectivity index (χ2v) is 7.88. The van der Waals surface area contributed by atoms with Crippen LogP contribution in [0.25, 0.3) is 0 Å². The lowest BCUT2D eigenvalue weighted by molar-refractivity contribution is -0.137. The highest BCUT2D eigenvalue weighted by molar-refractivity contribution is 6.62. The van der Waals surface area contributed by atoms with E-state index in [0.29, 0.717) is 5.46 Å². The molecule has 0 amide bonds. The van der Waals surface area contributed by atoms with Gasteiger partial charge in [-0.15, -0.1) is 0 Å². The van der Waals surface area contributed by atoms with E-state index in [1.807, 2.05) is 27.7 Å². The van der Waals surface area contributed by atoms with Gasteiger partial charge < -0.3 is 9.31 Å².